The molecule has 2 nitrogen and oxygen atoms in total. The summed E-state index contributed by atoms with van der Waals surface area (Å²) in [7, 11) is 0. The fraction of sp³-hybridized carbons (Fsp3) is 1.00. The van der Waals surface area contributed by atoms with Gasteiger partial charge in [0.05, 0.1) is 5.92 Å². The maximum atomic E-state index is 12.4. The monoisotopic (exact) mass is 252 g/mol. The maximum absolute atomic E-state index is 12.4. The first kappa shape index (κ1) is 14.8. The predicted molar refractivity (Wildman–Crippen MR) is 62.7 cm³/mol. The van der Waals surface area contributed by atoms with E-state index < -0.39 is 12.1 Å². The van der Waals surface area contributed by atoms with E-state index in [0.717, 1.165) is 25.8 Å². The van der Waals surface area contributed by atoms with E-state index >= 15 is 0 Å². The lowest BCUT2D eigenvalue weighted by Gasteiger charge is -2.32. The van der Waals surface area contributed by atoms with Crippen LogP contribution in [0.25, 0.3) is 0 Å². The summed E-state index contributed by atoms with van der Waals surface area (Å²) in [5, 5.41) is 0. The lowest BCUT2D eigenvalue weighted by molar-refractivity contribution is -0.185. The third-order valence-electron chi connectivity index (χ3n) is 3.43. The zero-order valence-corrected chi connectivity index (χ0v) is 10.5. The number of unbranched alkanes of at least 4 members (excludes halogenated alkanes) is 1. The molecule has 0 radical (unpaired) electrons. The Hall–Kier alpha value is -0.290. The van der Waals surface area contributed by atoms with E-state index in [0.29, 0.717) is 13.1 Å². The second kappa shape index (κ2) is 6.59. The SMILES string of the molecule is CC(N)CCCCN1CCC(C(F)(F)F)CC1. The average molecular weight is 252 g/mol. The fourth-order valence-electron chi connectivity index (χ4n) is 2.29. The lowest BCUT2D eigenvalue weighted by Crippen LogP contribution is -2.39. The van der Waals surface area contributed by atoms with Crippen molar-refractivity contribution in [2.24, 2.45) is 11.7 Å². The zero-order valence-electron chi connectivity index (χ0n) is 10.5. The van der Waals surface area contributed by atoms with Crippen LogP contribution < -0.4 is 5.73 Å². The number of hydrogen-bond donors (Lipinski definition) is 1. The molecule has 0 bridgehead atoms. The Morgan fingerprint density at radius 1 is 1.24 bits per heavy atom. The number of halogens is 3. The van der Waals surface area contributed by atoms with Crippen LogP contribution in [0.15, 0.2) is 0 Å². The highest BCUT2D eigenvalue weighted by Gasteiger charge is 2.40. The van der Waals surface area contributed by atoms with Crippen molar-refractivity contribution in [3.63, 3.8) is 0 Å². The first-order valence-corrected chi connectivity index (χ1v) is 6.44. The number of nitrogens with two attached hydrogens (primary N) is 1. The van der Waals surface area contributed by atoms with E-state index in [-0.39, 0.29) is 18.9 Å². The Labute approximate surface area is 101 Å². The van der Waals surface area contributed by atoms with Gasteiger partial charge < -0.3 is 10.6 Å². The number of alkyl halides is 3. The predicted octanol–water partition coefficient (Wildman–Crippen LogP) is 2.78. The van der Waals surface area contributed by atoms with Gasteiger partial charge in [0.1, 0.15) is 0 Å². The highest BCUT2D eigenvalue weighted by molar-refractivity contribution is 4.77. The van der Waals surface area contributed by atoms with Gasteiger partial charge in [0.15, 0.2) is 0 Å². The van der Waals surface area contributed by atoms with Crippen LogP contribution in [0.2, 0.25) is 0 Å². The molecule has 1 aliphatic heterocycles. The van der Waals surface area contributed by atoms with E-state index in [4.69, 9.17) is 5.73 Å². The van der Waals surface area contributed by atoms with Crippen LogP contribution in [-0.4, -0.2) is 36.8 Å². The molecule has 2 N–H and O–H groups in total. The van der Waals surface area contributed by atoms with Crippen molar-refractivity contribution in [1.29, 1.82) is 0 Å². The molecule has 1 unspecified atom stereocenters. The van der Waals surface area contributed by atoms with E-state index in [1.54, 1.807) is 0 Å². The van der Waals surface area contributed by atoms with E-state index in [1.165, 1.54) is 0 Å². The van der Waals surface area contributed by atoms with Crippen LogP contribution in [0, 0.1) is 5.92 Å². The Balaban J connectivity index is 2.11. The molecule has 1 heterocycles. The number of hydrogen-bond acceptors (Lipinski definition) is 2. The lowest BCUT2D eigenvalue weighted by atomic mass is 9.96. The summed E-state index contributed by atoms with van der Waals surface area (Å²) in [6, 6.07) is 0.228. The minimum atomic E-state index is -4.00. The number of rotatable bonds is 5. The average Bonchev–Trinajstić information content (AvgIpc) is 2.23. The first-order valence-electron chi connectivity index (χ1n) is 6.44. The minimum Gasteiger partial charge on any atom is -0.328 e. The Morgan fingerprint density at radius 3 is 2.29 bits per heavy atom. The standard InChI is InChI=1S/C12H23F3N2/c1-10(16)4-2-3-7-17-8-5-11(6-9-17)12(13,14)15/h10-11H,2-9,16H2,1H3. The molecule has 1 rings (SSSR count). The molecule has 17 heavy (non-hydrogen) atoms. The maximum Gasteiger partial charge on any atom is 0.391 e. The molecule has 0 aromatic rings. The van der Waals surface area contributed by atoms with E-state index in [1.807, 2.05) is 6.92 Å². The molecule has 102 valence electrons. The van der Waals surface area contributed by atoms with Crippen molar-refractivity contribution < 1.29 is 13.2 Å². The Morgan fingerprint density at radius 2 is 1.82 bits per heavy atom. The second-order valence-electron chi connectivity index (χ2n) is 5.13. The van der Waals surface area contributed by atoms with E-state index in [2.05, 4.69) is 4.90 Å². The van der Waals surface area contributed by atoms with Gasteiger partial charge in [-0.25, -0.2) is 0 Å². The molecule has 1 atom stereocenters. The van der Waals surface area contributed by atoms with Crippen LogP contribution >= 0.6 is 0 Å². The highest BCUT2D eigenvalue weighted by atomic mass is 19.4. The van der Waals surface area contributed by atoms with Gasteiger partial charge in [-0.2, -0.15) is 13.2 Å². The normalized spacial score (nSPS) is 21.7. The topological polar surface area (TPSA) is 29.3 Å². The van der Waals surface area contributed by atoms with Crippen molar-refractivity contribution in [3.8, 4) is 0 Å². The van der Waals surface area contributed by atoms with Crippen molar-refractivity contribution in [3.05, 3.63) is 0 Å². The second-order valence-corrected chi connectivity index (χ2v) is 5.13. The minimum absolute atomic E-state index is 0.228. The van der Waals surface area contributed by atoms with Crippen molar-refractivity contribution >= 4 is 0 Å². The van der Waals surface area contributed by atoms with Crippen molar-refractivity contribution in [1.82, 2.24) is 4.90 Å². The third-order valence-corrected chi connectivity index (χ3v) is 3.43. The summed E-state index contributed by atoms with van der Waals surface area (Å²) in [5.74, 6) is -1.08. The van der Waals surface area contributed by atoms with Gasteiger partial charge in [-0.05, 0) is 52.2 Å². The van der Waals surface area contributed by atoms with Crippen molar-refractivity contribution in [2.75, 3.05) is 19.6 Å². The number of likely N-dealkylation sites (tertiary alicyclic amines) is 1. The molecule has 0 aromatic carbocycles. The highest BCUT2D eigenvalue weighted by Crippen LogP contribution is 2.34. The molecule has 5 heteroatoms. The van der Waals surface area contributed by atoms with Gasteiger partial charge >= 0.3 is 6.18 Å². The van der Waals surface area contributed by atoms with Gasteiger partial charge in [-0.3, -0.25) is 0 Å². The van der Waals surface area contributed by atoms with Gasteiger partial charge in [0.25, 0.3) is 0 Å². The summed E-state index contributed by atoms with van der Waals surface area (Å²) in [6.45, 7) is 4.07. The zero-order chi connectivity index (χ0) is 12.9. The summed E-state index contributed by atoms with van der Waals surface area (Å²) in [6.07, 6.45) is -0.372. The molecular formula is C12H23F3N2. The largest absolute Gasteiger partial charge is 0.391 e. The number of piperidine rings is 1. The molecule has 0 spiro atoms. The molecule has 1 aliphatic rings. The van der Waals surface area contributed by atoms with Crippen LogP contribution in [0.3, 0.4) is 0 Å². The van der Waals surface area contributed by atoms with Crippen molar-refractivity contribution in [2.45, 2.75) is 51.2 Å². The van der Waals surface area contributed by atoms with E-state index in [9.17, 15) is 13.2 Å². The molecule has 1 saturated heterocycles. The Kier molecular flexibility index (Phi) is 5.73. The molecular weight excluding hydrogens is 229 g/mol. The summed E-state index contributed by atoms with van der Waals surface area (Å²) in [5.41, 5.74) is 5.64. The van der Waals surface area contributed by atoms with Gasteiger partial charge in [-0.1, -0.05) is 6.42 Å². The van der Waals surface area contributed by atoms with Gasteiger partial charge in [0.2, 0.25) is 0 Å². The molecule has 0 amide bonds. The molecule has 0 aromatic heterocycles. The van der Waals surface area contributed by atoms with Gasteiger partial charge in [0, 0.05) is 6.04 Å². The first-order chi connectivity index (χ1) is 7.89. The molecule has 0 saturated carbocycles. The quantitative estimate of drug-likeness (QED) is 0.762. The summed E-state index contributed by atoms with van der Waals surface area (Å²) >= 11 is 0. The third kappa shape index (κ3) is 5.73. The van der Waals surface area contributed by atoms with Crippen LogP contribution in [0.5, 0.6) is 0 Å². The fourth-order valence-corrected chi connectivity index (χ4v) is 2.29. The molecule has 0 aliphatic carbocycles. The summed E-state index contributed by atoms with van der Waals surface area (Å²) in [4.78, 5) is 2.14. The Bertz CT molecular complexity index is 208. The van der Waals surface area contributed by atoms with Crippen LogP contribution in [-0.2, 0) is 0 Å². The van der Waals surface area contributed by atoms with Crippen LogP contribution in [0.4, 0.5) is 13.2 Å². The smallest absolute Gasteiger partial charge is 0.328 e. The van der Waals surface area contributed by atoms with Gasteiger partial charge in [-0.15, -0.1) is 0 Å². The molecule has 1 fully saturated rings. The number of nitrogens with zero attached hydrogens (tertiary/aromatic N) is 1. The van der Waals surface area contributed by atoms with Crippen LogP contribution in [0.1, 0.15) is 39.0 Å². The summed E-state index contributed by atoms with van der Waals surface area (Å²) < 4.78 is 37.3.